The quantitative estimate of drug-likeness (QED) is 0.587. The molecular formula is C20H28BrN3O3. The number of carbonyl (C=O) groups excluding carboxylic acids is 1. The summed E-state index contributed by atoms with van der Waals surface area (Å²) in [6.45, 7) is 7.75. The van der Waals surface area contributed by atoms with Crippen LogP contribution in [0.2, 0.25) is 0 Å². The molecule has 1 aliphatic rings. The zero-order valence-electron chi connectivity index (χ0n) is 16.5. The third-order valence-corrected chi connectivity index (χ3v) is 5.15. The summed E-state index contributed by atoms with van der Waals surface area (Å²) in [6, 6.07) is 2.21. The zero-order chi connectivity index (χ0) is 19.6. The van der Waals surface area contributed by atoms with Gasteiger partial charge >= 0.3 is 6.09 Å². The summed E-state index contributed by atoms with van der Waals surface area (Å²) in [5, 5.41) is 1.06. The Morgan fingerprint density at radius 3 is 2.78 bits per heavy atom. The molecule has 0 bridgehead atoms. The Bertz CT molecular complexity index is 809. The fourth-order valence-corrected chi connectivity index (χ4v) is 3.71. The van der Waals surface area contributed by atoms with Crippen LogP contribution in [0.4, 0.5) is 4.79 Å². The lowest BCUT2D eigenvalue weighted by molar-refractivity contribution is 0.0217. The van der Waals surface area contributed by atoms with Gasteiger partial charge in [-0.15, -0.1) is 0 Å². The van der Waals surface area contributed by atoms with E-state index in [1.807, 2.05) is 31.7 Å². The molecule has 0 spiro atoms. The number of fused-ring (bicyclic) bond motifs is 1. The van der Waals surface area contributed by atoms with E-state index in [9.17, 15) is 4.79 Å². The van der Waals surface area contributed by atoms with Crippen molar-refractivity contribution in [3.63, 3.8) is 0 Å². The first-order valence-corrected chi connectivity index (χ1v) is 10.2. The Labute approximate surface area is 169 Å². The number of carbonyl (C=O) groups is 1. The maximum Gasteiger partial charge on any atom is 0.410 e. The second-order valence-corrected chi connectivity index (χ2v) is 8.88. The van der Waals surface area contributed by atoms with E-state index in [-0.39, 0.29) is 12.1 Å². The van der Waals surface area contributed by atoms with Crippen LogP contribution in [0.25, 0.3) is 11.0 Å². The van der Waals surface area contributed by atoms with Crippen molar-refractivity contribution >= 4 is 33.1 Å². The molecule has 2 aromatic heterocycles. The van der Waals surface area contributed by atoms with Crippen LogP contribution in [0.15, 0.2) is 22.9 Å². The van der Waals surface area contributed by atoms with Crippen LogP contribution < -0.4 is 0 Å². The summed E-state index contributed by atoms with van der Waals surface area (Å²) in [4.78, 5) is 19.2. The van der Waals surface area contributed by atoms with Gasteiger partial charge in [0.1, 0.15) is 11.2 Å². The minimum absolute atomic E-state index is 0.245. The van der Waals surface area contributed by atoms with Crippen LogP contribution in [-0.2, 0) is 22.6 Å². The van der Waals surface area contributed by atoms with Crippen LogP contribution in [0, 0.1) is 0 Å². The van der Waals surface area contributed by atoms with E-state index < -0.39 is 5.60 Å². The fourth-order valence-electron chi connectivity index (χ4n) is 3.16. The molecule has 0 atom stereocenters. The van der Waals surface area contributed by atoms with Gasteiger partial charge in [-0.2, -0.15) is 0 Å². The number of hydrogen-bond acceptors (Lipinski definition) is 4. The van der Waals surface area contributed by atoms with Gasteiger partial charge < -0.3 is 18.9 Å². The summed E-state index contributed by atoms with van der Waals surface area (Å²) in [6.07, 6.45) is 6.64. The Morgan fingerprint density at radius 2 is 2.15 bits per heavy atom. The molecule has 2 heterocycles. The Balaban J connectivity index is 1.89. The molecule has 27 heavy (non-hydrogen) atoms. The van der Waals surface area contributed by atoms with Crippen LogP contribution in [0.5, 0.6) is 0 Å². The lowest BCUT2D eigenvalue weighted by atomic mass is 10.2. The predicted molar refractivity (Wildman–Crippen MR) is 109 cm³/mol. The van der Waals surface area contributed by atoms with Crippen LogP contribution in [0.1, 0.15) is 45.6 Å². The van der Waals surface area contributed by atoms with Crippen LogP contribution in [0.3, 0.4) is 0 Å². The highest BCUT2D eigenvalue weighted by Crippen LogP contribution is 2.34. The molecule has 2 aromatic rings. The summed E-state index contributed by atoms with van der Waals surface area (Å²) in [5.74, 6) is 0. The first kappa shape index (κ1) is 20.1. The lowest BCUT2D eigenvalue weighted by Crippen LogP contribution is -2.37. The van der Waals surface area contributed by atoms with E-state index in [2.05, 4.69) is 31.7 Å². The molecule has 1 fully saturated rings. The van der Waals surface area contributed by atoms with E-state index in [0.717, 1.165) is 46.9 Å². The first-order chi connectivity index (χ1) is 12.8. The molecule has 6 nitrogen and oxygen atoms in total. The number of nitrogens with zero attached hydrogens (tertiary/aromatic N) is 3. The number of rotatable bonds is 7. The van der Waals surface area contributed by atoms with Crippen molar-refractivity contribution in [2.45, 2.75) is 64.8 Å². The molecule has 0 aromatic carbocycles. The van der Waals surface area contributed by atoms with Gasteiger partial charge in [0.05, 0.1) is 6.54 Å². The van der Waals surface area contributed by atoms with Gasteiger partial charge in [0.2, 0.25) is 0 Å². The van der Waals surface area contributed by atoms with Gasteiger partial charge in [0.25, 0.3) is 0 Å². The lowest BCUT2D eigenvalue weighted by Gasteiger charge is -2.27. The number of aryl methyl sites for hydroxylation is 1. The van der Waals surface area contributed by atoms with Crippen LogP contribution >= 0.6 is 15.9 Å². The van der Waals surface area contributed by atoms with Gasteiger partial charge in [0, 0.05) is 48.6 Å². The molecule has 1 saturated carbocycles. The molecular weight excluding hydrogens is 410 g/mol. The van der Waals surface area contributed by atoms with Crippen molar-refractivity contribution in [2.24, 2.45) is 0 Å². The highest BCUT2D eigenvalue weighted by molar-refractivity contribution is 9.10. The molecule has 7 heteroatoms. The zero-order valence-corrected chi connectivity index (χ0v) is 18.1. The van der Waals surface area contributed by atoms with E-state index >= 15 is 0 Å². The molecule has 0 aliphatic heterocycles. The number of halogens is 1. The number of pyridine rings is 1. The van der Waals surface area contributed by atoms with E-state index in [0.29, 0.717) is 13.2 Å². The maximum absolute atomic E-state index is 12.7. The van der Waals surface area contributed by atoms with Crippen molar-refractivity contribution in [2.75, 3.05) is 13.7 Å². The normalized spacial score (nSPS) is 14.6. The summed E-state index contributed by atoms with van der Waals surface area (Å²) >= 11 is 3.66. The summed E-state index contributed by atoms with van der Waals surface area (Å²) in [5.41, 5.74) is 1.51. The third-order valence-electron chi connectivity index (χ3n) is 4.49. The number of amides is 1. The van der Waals surface area contributed by atoms with Gasteiger partial charge in [-0.25, -0.2) is 9.78 Å². The molecule has 148 valence electrons. The fraction of sp³-hybridized carbons (Fsp3) is 0.600. The van der Waals surface area contributed by atoms with E-state index in [4.69, 9.17) is 9.47 Å². The van der Waals surface area contributed by atoms with E-state index in [1.54, 1.807) is 13.3 Å². The number of hydrogen-bond donors (Lipinski definition) is 0. The predicted octanol–water partition coefficient (Wildman–Crippen LogP) is 4.73. The SMILES string of the molecule is COCCCn1cc(CN(C(=O)OC(C)(C)C)C2CC2)c2c(Br)ccnc21. The highest BCUT2D eigenvalue weighted by atomic mass is 79.9. The Morgan fingerprint density at radius 1 is 1.41 bits per heavy atom. The largest absolute Gasteiger partial charge is 0.444 e. The second-order valence-electron chi connectivity index (χ2n) is 8.02. The number of methoxy groups -OCH3 is 1. The van der Waals surface area contributed by atoms with Crippen molar-refractivity contribution in [1.82, 2.24) is 14.5 Å². The van der Waals surface area contributed by atoms with Crippen molar-refractivity contribution in [1.29, 1.82) is 0 Å². The topological polar surface area (TPSA) is 56.6 Å². The standard InChI is InChI=1S/C20H28BrN3O3/c1-20(2,3)27-19(25)24(15-6-7-15)13-14-12-23(10-5-11-26-4)18-17(14)16(21)8-9-22-18/h8-9,12,15H,5-7,10-11,13H2,1-4H3. The average Bonchev–Trinajstić information content (AvgIpc) is 3.35. The van der Waals surface area contributed by atoms with Crippen molar-refractivity contribution in [3.05, 3.63) is 28.5 Å². The smallest absolute Gasteiger partial charge is 0.410 e. The molecule has 0 saturated heterocycles. The molecule has 3 rings (SSSR count). The van der Waals surface area contributed by atoms with Gasteiger partial charge in [-0.3, -0.25) is 0 Å². The first-order valence-electron chi connectivity index (χ1n) is 9.41. The average molecular weight is 438 g/mol. The molecule has 1 aliphatic carbocycles. The minimum atomic E-state index is -0.499. The Kier molecular flexibility index (Phi) is 6.11. The third kappa shape index (κ3) is 5.02. The molecule has 0 radical (unpaired) electrons. The maximum atomic E-state index is 12.7. The monoisotopic (exact) mass is 437 g/mol. The van der Waals surface area contributed by atoms with E-state index in [1.165, 1.54) is 0 Å². The molecule has 1 amide bonds. The van der Waals surface area contributed by atoms with Crippen LogP contribution in [-0.4, -0.2) is 45.9 Å². The summed E-state index contributed by atoms with van der Waals surface area (Å²) < 4.78 is 14.0. The van der Waals surface area contributed by atoms with Gasteiger partial charge in [-0.1, -0.05) is 0 Å². The second kappa shape index (κ2) is 8.19. The molecule has 0 N–H and O–H groups in total. The summed E-state index contributed by atoms with van der Waals surface area (Å²) in [7, 11) is 1.71. The Hall–Kier alpha value is -1.60. The highest BCUT2D eigenvalue weighted by Gasteiger charge is 2.36. The number of aromatic nitrogens is 2. The number of ether oxygens (including phenoxy) is 2. The van der Waals surface area contributed by atoms with Gasteiger partial charge in [0.15, 0.2) is 0 Å². The van der Waals surface area contributed by atoms with Crippen molar-refractivity contribution in [3.8, 4) is 0 Å². The van der Waals surface area contributed by atoms with Gasteiger partial charge in [-0.05, 0) is 67.6 Å². The van der Waals surface area contributed by atoms with Crippen molar-refractivity contribution < 1.29 is 14.3 Å². The minimum Gasteiger partial charge on any atom is -0.444 e. The molecule has 0 unspecified atom stereocenters.